The Hall–Kier alpha value is -0.970. The van der Waals surface area contributed by atoms with Crippen LogP contribution in [0.4, 0.5) is 0 Å². The Morgan fingerprint density at radius 3 is 2.58 bits per heavy atom. The van der Waals surface area contributed by atoms with Crippen molar-refractivity contribution in [3.8, 4) is 0 Å². The molecule has 24 heavy (non-hydrogen) atoms. The van der Waals surface area contributed by atoms with Crippen LogP contribution >= 0.6 is 0 Å². The highest BCUT2D eigenvalue weighted by Crippen LogP contribution is 2.38. The molecule has 0 saturated carbocycles. The molecule has 0 aliphatic carbocycles. The van der Waals surface area contributed by atoms with E-state index in [1.54, 1.807) is 13.8 Å². The van der Waals surface area contributed by atoms with Gasteiger partial charge in [-0.3, -0.25) is 4.79 Å². The van der Waals surface area contributed by atoms with Gasteiger partial charge < -0.3 is 14.9 Å². The summed E-state index contributed by atoms with van der Waals surface area (Å²) in [4.78, 5) is 12.0. The van der Waals surface area contributed by atoms with Gasteiger partial charge in [0.05, 0.1) is 22.9 Å². The molecule has 1 aliphatic heterocycles. The van der Waals surface area contributed by atoms with Crippen LogP contribution in [0.25, 0.3) is 0 Å². The van der Waals surface area contributed by atoms with Crippen molar-refractivity contribution >= 4 is 5.78 Å². The number of hydrogen-bond donors (Lipinski definition) is 2. The van der Waals surface area contributed by atoms with Gasteiger partial charge in [0.1, 0.15) is 5.78 Å². The van der Waals surface area contributed by atoms with Crippen LogP contribution < -0.4 is 0 Å². The molecule has 0 aromatic heterocycles. The number of rotatable bonds is 9. The predicted octanol–water partition coefficient (Wildman–Crippen LogP) is 3.56. The molecule has 1 fully saturated rings. The molecule has 0 aromatic rings. The van der Waals surface area contributed by atoms with E-state index in [0.717, 1.165) is 6.42 Å². The minimum absolute atomic E-state index is 0.0739. The second-order valence-corrected chi connectivity index (χ2v) is 8.30. The average molecular weight is 338 g/mol. The standard InChI is InChI=1S/C20H34O4/c1-7-18(4,22)10-8-11-19(5)12-9-17(24-19)20(6,23)14-16(21)13-15(2)3/h7-8,11,15,17,22-23H,1,9-10,12-14H2,2-6H3/b11-8+/t17-,18+,19-,20-/m0/s1. The molecule has 0 aromatic carbocycles. The van der Waals surface area contributed by atoms with Crippen LogP contribution in [0.15, 0.2) is 24.8 Å². The average Bonchev–Trinajstić information content (AvgIpc) is 2.80. The highest BCUT2D eigenvalue weighted by atomic mass is 16.5. The van der Waals surface area contributed by atoms with Gasteiger partial charge in [-0.2, -0.15) is 0 Å². The molecule has 1 saturated heterocycles. The predicted molar refractivity (Wildman–Crippen MR) is 96.8 cm³/mol. The number of hydrogen-bond acceptors (Lipinski definition) is 4. The van der Waals surface area contributed by atoms with Crippen molar-refractivity contribution in [3.05, 3.63) is 24.8 Å². The van der Waals surface area contributed by atoms with Gasteiger partial charge >= 0.3 is 0 Å². The Morgan fingerprint density at radius 1 is 1.42 bits per heavy atom. The number of carbonyl (C=O) groups is 1. The Kier molecular flexibility index (Phi) is 6.97. The summed E-state index contributed by atoms with van der Waals surface area (Å²) in [6, 6.07) is 0. The Bertz CT molecular complexity index is 476. The second kappa shape index (κ2) is 7.94. The smallest absolute Gasteiger partial charge is 0.136 e. The normalized spacial score (nSPS) is 29.6. The van der Waals surface area contributed by atoms with Crippen LogP contribution in [0.3, 0.4) is 0 Å². The molecular weight excluding hydrogens is 304 g/mol. The molecule has 0 amide bonds. The van der Waals surface area contributed by atoms with Crippen molar-refractivity contribution in [1.82, 2.24) is 0 Å². The van der Waals surface area contributed by atoms with Crippen LogP contribution in [-0.4, -0.2) is 38.9 Å². The lowest BCUT2D eigenvalue weighted by Crippen LogP contribution is -2.42. The fourth-order valence-electron chi connectivity index (χ4n) is 3.09. The first-order valence-electron chi connectivity index (χ1n) is 8.85. The lowest BCUT2D eigenvalue weighted by atomic mass is 9.88. The molecule has 0 spiro atoms. The first-order chi connectivity index (χ1) is 10.9. The van der Waals surface area contributed by atoms with Crippen LogP contribution in [0, 0.1) is 5.92 Å². The van der Waals surface area contributed by atoms with Crippen molar-refractivity contribution < 1.29 is 19.7 Å². The van der Waals surface area contributed by atoms with E-state index in [2.05, 4.69) is 6.58 Å². The summed E-state index contributed by atoms with van der Waals surface area (Å²) < 4.78 is 6.07. The largest absolute Gasteiger partial charge is 0.387 e. The number of ketones is 1. The summed E-state index contributed by atoms with van der Waals surface area (Å²) in [7, 11) is 0. The van der Waals surface area contributed by atoms with E-state index in [4.69, 9.17) is 4.74 Å². The van der Waals surface area contributed by atoms with Gasteiger partial charge in [-0.15, -0.1) is 6.58 Å². The third-order valence-corrected chi connectivity index (χ3v) is 4.64. The molecule has 4 nitrogen and oxygen atoms in total. The summed E-state index contributed by atoms with van der Waals surface area (Å²) in [6.45, 7) is 13.0. The Labute approximate surface area is 146 Å². The van der Waals surface area contributed by atoms with Gasteiger partial charge in [-0.25, -0.2) is 0 Å². The zero-order chi connectivity index (χ0) is 18.6. The van der Waals surface area contributed by atoms with E-state index in [0.29, 0.717) is 25.2 Å². The minimum atomic E-state index is -1.15. The summed E-state index contributed by atoms with van der Waals surface area (Å²) >= 11 is 0. The van der Waals surface area contributed by atoms with Gasteiger partial charge in [0.2, 0.25) is 0 Å². The van der Waals surface area contributed by atoms with Crippen LogP contribution in [0.1, 0.15) is 66.7 Å². The Balaban J connectivity index is 2.64. The minimum Gasteiger partial charge on any atom is -0.387 e. The molecule has 1 aliphatic rings. The number of Topliss-reactive ketones (excluding diaryl/α,β-unsaturated/α-hetero) is 1. The van der Waals surface area contributed by atoms with Gasteiger partial charge in [0.15, 0.2) is 0 Å². The third-order valence-electron chi connectivity index (χ3n) is 4.64. The SMILES string of the molecule is C=C[C@@](C)(O)C/C=C/[C@@]1(C)CC[C@@H]([C@@](C)(O)CC(=O)CC(C)C)O1. The van der Waals surface area contributed by atoms with Crippen LogP contribution in [-0.2, 0) is 9.53 Å². The van der Waals surface area contributed by atoms with Gasteiger partial charge in [0.25, 0.3) is 0 Å². The Morgan fingerprint density at radius 2 is 2.04 bits per heavy atom. The lowest BCUT2D eigenvalue weighted by molar-refractivity contribution is -0.138. The molecule has 0 radical (unpaired) electrons. The molecule has 138 valence electrons. The quantitative estimate of drug-likeness (QED) is 0.631. The highest BCUT2D eigenvalue weighted by Gasteiger charge is 2.44. The van der Waals surface area contributed by atoms with Crippen molar-refractivity contribution in [2.24, 2.45) is 5.92 Å². The van der Waals surface area contributed by atoms with E-state index in [-0.39, 0.29) is 18.3 Å². The maximum Gasteiger partial charge on any atom is 0.136 e. The van der Waals surface area contributed by atoms with Gasteiger partial charge in [-0.1, -0.05) is 32.1 Å². The van der Waals surface area contributed by atoms with E-state index >= 15 is 0 Å². The summed E-state index contributed by atoms with van der Waals surface area (Å²) in [5, 5.41) is 20.6. The summed E-state index contributed by atoms with van der Waals surface area (Å²) in [5.41, 5.74) is -2.56. The molecule has 1 heterocycles. The van der Waals surface area contributed by atoms with E-state index in [9.17, 15) is 15.0 Å². The molecule has 4 atom stereocenters. The fraction of sp³-hybridized carbons (Fsp3) is 0.750. The zero-order valence-corrected chi connectivity index (χ0v) is 15.8. The van der Waals surface area contributed by atoms with E-state index in [1.165, 1.54) is 6.08 Å². The zero-order valence-electron chi connectivity index (χ0n) is 15.8. The monoisotopic (exact) mass is 338 g/mol. The second-order valence-electron chi connectivity index (χ2n) is 8.30. The molecule has 0 unspecified atom stereocenters. The van der Waals surface area contributed by atoms with Crippen molar-refractivity contribution in [2.45, 2.75) is 89.6 Å². The molecule has 4 heteroatoms. The highest BCUT2D eigenvalue weighted by molar-refractivity contribution is 5.79. The van der Waals surface area contributed by atoms with Gasteiger partial charge in [0, 0.05) is 12.8 Å². The van der Waals surface area contributed by atoms with Gasteiger partial charge in [-0.05, 0) is 46.0 Å². The first kappa shape index (κ1) is 21.1. The van der Waals surface area contributed by atoms with Crippen LogP contribution in [0.2, 0.25) is 0 Å². The lowest BCUT2D eigenvalue weighted by Gasteiger charge is -2.31. The third kappa shape index (κ3) is 6.50. The number of carbonyl (C=O) groups excluding carboxylic acids is 1. The van der Waals surface area contributed by atoms with Crippen LogP contribution in [0.5, 0.6) is 0 Å². The summed E-state index contributed by atoms with van der Waals surface area (Å²) in [5.74, 6) is 0.369. The van der Waals surface area contributed by atoms with Crippen molar-refractivity contribution in [1.29, 1.82) is 0 Å². The van der Waals surface area contributed by atoms with Crippen molar-refractivity contribution in [3.63, 3.8) is 0 Å². The van der Waals surface area contributed by atoms with Crippen molar-refractivity contribution in [2.75, 3.05) is 0 Å². The van der Waals surface area contributed by atoms with E-state index < -0.39 is 16.8 Å². The molecule has 2 N–H and O–H groups in total. The fourth-order valence-corrected chi connectivity index (χ4v) is 3.09. The maximum absolute atomic E-state index is 12.0. The summed E-state index contributed by atoms with van der Waals surface area (Å²) in [6.07, 6.45) is 7.55. The molecular formula is C20H34O4. The topological polar surface area (TPSA) is 66.8 Å². The molecule has 1 rings (SSSR count). The first-order valence-corrected chi connectivity index (χ1v) is 8.85. The number of ether oxygens (including phenoxy) is 1. The maximum atomic E-state index is 12.0. The van der Waals surface area contributed by atoms with E-state index in [1.807, 2.05) is 32.9 Å². The number of aliphatic hydroxyl groups is 2. The molecule has 0 bridgehead atoms.